The molecule has 0 bridgehead atoms. The van der Waals surface area contributed by atoms with Gasteiger partial charge in [-0.05, 0) is 97.4 Å². The summed E-state index contributed by atoms with van der Waals surface area (Å²) in [6, 6.07) is 34.1. The van der Waals surface area contributed by atoms with E-state index < -0.39 is 60.4 Å². The summed E-state index contributed by atoms with van der Waals surface area (Å²) in [7, 11) is 0. The van der Waals surface area contributed by atoms with E-state index in [2.05, 4.69) is 4.57 Å². The quantitative estimate of drug-likeness (QED) is 0.178. The minimum atomic E-state index is -0.537. The highest BCUT2D eigenvalue weighted by molar-refractivity contribution is 6.21. The number of hydrogen-bond acceptors (Lipinski definition) is 1. The van der Waals surface area contributed by atoms with E-state index in [4.69, 9.17) is 18.7 Å². The van der Waals surface area contributed by atoms with Gasteiger partial charge >= 0.3 is 0 Å². The molecule has 0 atom stereocenters. The van der Waals surface area contributed by atoms with Gasteiger partial charge in [0.1, 0.15) is 5.82 Å². The van der Waals surface area contributed by atoms with Crippen LogP contribution in [0.3, 0.4) is 0 Å². The molecule has 0 radical (unpaired) electrons. The molecule has 1 heterocycles. The Balaban J connectivity index is 1.43. The first kappa shape index (κ1) is 18.7. The van der Waals surface area contributed by atoms with Gasteiger partial charge in [0.25, 0.3) is 0 Å². The van der Waals surface area contributed by atoms with Crippen LogP contribution < -0.4 is 0 Å². The molecule has 1 aromatic heterocycles. The number of fused-ring (bicyclic) bond motifs is 3. The van der Waals surface area contributed by atoms with Gasteiger partial charge < -0.3 is 0 Å². The molecule has 8 aromatic carbocycles. The van der Waals surface area contributed by atoms with Gasteiger partial charge in [-0.2, -0.15) is 0 Å². The molecular formula is C45H30N2. The molecule has 220 valence electrons. The number of para-hydroxylation sites is 3. The average Bonchev–Trinajstić information content (AvgIpc) is 3.62. The van der Waals surface area contributed by atoms with E-state index in [1.54, 1.807) is 12.1 Å². The molecule has 0 aliphatic rings. The van der Waals surface area contributed by atoms with Crippen LogP contribution in [-0.2, 0) is 0 Å². The van der Waals surface area contributed by atoms with Crippen molar-refractivity contribution >= 4 is 32.6 Å². The van der Waals surface area contributed by atoms with Crippen molar-refractivity contribution in [1.82, 2.24) is 9.55 Å². The molecule has 9 aromatic rings. The Morgan fingerprint density at radius 1 is 0.426 bits per heavy atom. The van der Waals surface area contributed by atoms with Gasteiger partial charge in [-0.1, -0.05) is 139 Å². The Morgan fingerprint density at radius 3 is 1.47 bits per heavy atom. The van der Waals surface area contributed by atoms with Crippen LogP contribution in [0.2, 0.25) is 0 Å². The molecule has 0 amide bonds. The smallest absolute Gasteiger partial charge is 0.146 e. The lowest BCUT2D eigenvalue weighted by molar-refractivity contribution is 1.11. The molecule has 0 aliphatic heterocycles. The third kappa shape index (κ3) is 4.62. The molecule has 47 heavy (non-hydrogen) atoms. The summed E-state index contributed by atoms with van der Waals surface area (Å²) in [6.45, 7) is 0. The Kier molecular flexibility index (Phi) is 4.48. The van der Waals surface area contributed by atoms with Gasteiger partial charge in [-0.25, -0.2) is 4.98 Å². The maximum Gasteiger partial charge on any atom is 0.146 e. The molecule has 0 N–H and O–H groups in total. The zero-order valence-electron chi connectivity index (χ0n) is 34.9. The SMILES string of the molecule is [2H]c1c([2H])c([2H])c(-c2cc(-c3c([2H])c([2H])c([2H])c([2H])c3[2H])cc(-c3c4ccccc4c(-c4nc5ccccc5n4-c4ccccc4)c4ccccc34)c2)c([2H])c1[2H]. The fourth-order valence-electron chi connectivity index (χ4n) is 6.56. The highest BCUT2D eigenvalue weighted by Gasteiger charge is 2.22. The van der Waals surface area contributed by atoms with E-state index in [0.717, 1.165) is 55.2 Å². The number of aromatic nitrogens is 2. The highest BCUT2D eigenvalue weighted by atomic mass is 15.1. The average molecular weight is 609 g/mol. The Labute approximate surface area is 287 Å². The first-order valence-electron chi connectivity index (χ1n) is 20.2. The van der Waals surface area contributed by atoms with Crippen LogP contribution in [0, 0.1) is 0 Å². The maximum atomic E-state index is 8.89. The summed E-state index contributed by atoms with van der Waals surface area (Å²) in [6.07, 6.45) is 0. The van der Waals surface area contributed by atoms with E-state index in [-0.39, 0.29) is 22.3 Å². The number of nitrogens with zero attached hydrogens (tertiary/aromatic N) is 2. The van der Waals surface area contributed by atoms with Gasteiger partial charge in [-0.15, -0.1) is 0 Å². The van der Waals surface area contributed by atoms with Gasteiger partial charge in [0.15, 0.2) is 0 Å². The number of rotatable bonds is 5. The number of hydrogen-bond donors (Lipinski definition) is 0. The molecule has 0 unspecified atom stereocenters. The van der Waals surface area contributed by atoms with E-state index in [1.165, 1.54) is 6.07 Å². The first-order valence-corrected chi connectivity index (χ1v) is 15.2. The number of benzene rings is 8. The van der Waals surface area contributed by atoms with Crippen LogP contribution in [0.15, 0.2) is 182 Å². The van der Waals surface area contributed by atoms with Crippen molar-refractivity contribution in [3.63, 3.8) is 0 Å². The zero-order valence-corrected chi connectivity index (χ0v) is 24.9. The van der Waals surface area contributed by atoms with Crippen LogP contribution in [0.4, 0.5) is 0 Å². The highest BCUT2D eigenvalue weighted by Crippen LogP contribution is 2.46. The normalized spacial score (nSPS) is 14.4. The third-order valence-corrected chi connectivity index (χ3v) is 8.53. The Morgan fingerprint density at radius 2 is 0.894 bits per heavy atom. The van der Waals surface area contributed by atoms with Crippen molar-refractivity contribution in [3.05, 3.63) is 182 Å². The van der Waals surface area contributed by atoms with Gasteiger partial charge in [-0.3, -0.25) is 4.57 Å². The fourth-order valence-corrected chi connectivity index (χ4v) is 6.56. The molecule has 0 saturated heterocycles. The van der Waals surface area contributed by atoms with Crippen LogP contribution in [0.5, 0.6) is 0 Å². The Hall–Kier alpha value is -6.25. The summed E-state index contributed by atoms with van der Waals surface area (Å²) in [5, 5.41) is 3.39. The van der Waals surface area contributed by atoms with Crippen LogP contribution in [0.1, 0.15) is 13.7 Å². The van der Waals surface area contributed by atoms with Gasteiger partial charge in [0.2, 0.25) is 0 Å². The lowest BCUT2D eigenvalue weighted by Gasteiger charge is -2.19. The van der Waals surface area contributed by atoms with Crippen LogP contribution in [-0.4, -0.2) is 9.55 Å². The van der Waals surface area contributed by atoms with Crippen molar-refractivity contribution in [1.29, 1.82) is 0 Å². The third-order valence-electron chi connectivity index (χ3n) is 8.53. The van der Waals surface area contributed by atoms with Crippen LogP contribution >= 0.6 is 0 Å². The second-order valence-corrected chi connectivity index (χ2v) is 11.2. The molecule has 2 nitrogen and oxygen atoms in total. The van der Waals surface area contributed by atoms with Crippen molar-refractivity contribution in [2.45, 2.75) is 0 Å². The van der Waals surface area contributed by atoms with Crippen molar-refractivity contribution in [2.75, 3.05) is 0 Å². The fraction of sp³-hybridized carbons (Fsp3) is 0. The lowest BCUT2D eigenvalue weighted by Crippen LogP contribution is -1.99. The molecule has 0 aliphatic carbocycles. The molecule has 2 heteroatoms. The summed E-state index contributed by atoms with van der Waals surface area (Å²) in [4.78, 5) is 5.23. The van der Waals surface area contributed by atoms with Gasteiger partial charge in [0.05, 0.1) is 24.7 Å². The van der Waals surface area contributed by atoms with E-state index in [1.807, 2.05) is 103 Å². The second kappa shape index (κ2) is 11.3. The van der Waals surface area contributed by atoms with Crippen molar-refractivity contribution in [3.8, 4) is 50.5 Å². The summed E-state index contributed by atoms with van der Waals surface area (Å²) < 4.78 is 88.0. The molecular weight excluding hydrogens is 569 g/mol. The molecule has 0 saturated carbocycles. The predicted molar refractivity (Wildman–Crippen MR) is 198 cm³/mol. The monoisotopic (exact) mass is 608 g/mol. The minimum Gasteiger partial charge on any atom is -0.292 e. The topological polar surface area (TPSA) is 17.8 Å². The lowest BCUT2D eigenvalue weighted by atomic mass is 9.86. The van der Waals surface area contributed by atoms with E-state index in [0.29, 0.717) is 5.56 Å². The standard InChI is InChI=1S/C45H30N2/c1-4-16-31(17-5-1)33-28-34(32-18-6-2-7-19-32)30-35(29-33)43-37-22-10-12-24-39(37)44(40-25-13-11-23-38(40)43)45-46-41-26-14-15-27-42(41)47(45)36-20-8-3-9-21-36/h1-30H/i1D,2D,4D,5D,6D,7D,16D,17D,18D,19D. The van der Waals surface area contributed by atoms with Gasteiger partial charge in [0, 0.05) is 11.3 Å². The first-order chi connectivity index (χ1) is 27.5. The minimum absolute atomic E-state index is 0.0710. The zero-order chi connectivity index (χ0) is 39.9. The summed E-state index contributed by atoms with van der Waals surface area (Å²) >= 11 is 0. The molecule has 9 rings (SSSR count). The van der Waals surface area contributed by atoms with Crippen LogP contribution in [0.25, 0.3) is 83.0 Å². The largest absolute Gasteiger partial charge is 0.292 e. The summed E-state index contributed by atoms with van der Waals surface area (Å²) in [5.74, 6) is 0.731. The van der Waals surface area contributed by atoms with Crippen molar-refractivity contribution < 1.29 is 13.7 Å². The predicted octanol–water partition coefficient (Wildman–Crippen LogP) is 12.0. The second-order valence-electron chi connectivity index (χ2n) is 11.2. The number of imidazole rings is 1. The van der Waals surface area contributed by atoms with Crippen molar-refractivity contribution in [2.24, 2.45) is 0 Å². The molecule has 0 fully saturated rings. The summed E-state index contributed by atoms with van der Waals surface area (Å²) in [5.41, 5.74) is 5.20. The van der Waals surface area contributed by atoms with E-state index in [9.17, 15) is 0 Å². The van der Waals surface area contributed by atoms with E-state index >= 15 is 0 Å². The maximum absolute atomic E-state index is 8.89. The molecule has 0 spiro atoms. The Bertz CT molecular complexity index is 2940.